The van der Waals surface area contributed by atoms with Crippen LogP contribution in [0, 0.1) is 0 Å². The molecule has 0 aliphatic rings. The highest BCUT2D eigenvalue weighted by atomic mass is 35.5. The van der Waals surface area contributed by atoms with Gasteiger partial charge in [0.15, 0.2) is 0 Å². The highest BCUT2D eigenvalue weighted by Crippen LogP contribution is 1.98. The average molecular weight is 299 g/mol. The number of carbonyl (C=O) groups is 2. The van der Waals surface area contributed by atoms with Crippen LogP contribution in [0.25, 0.3) is 0 Å². The maximum absolute atomic E-state index is 9.90. The Morgan fingerprint density at radius 1 is 0.684 bits per heavy atom. The minimum atomic E-state index is -0.870. The molecule has 19 heavy (non-hydrogen) atoms. The summed E-state index contributed by atoms with van der Waals surface area (Å²) in [4.78, 5) is 19.8. The van der Waals surface area contributed by atoms with E-state index in [4.69, 9.17) is 21.7 Å². The summed E-state index contributed by atoms with van der Waals surface area (Å²) in [6, 6.07) is 0. The van der Waals surface area contributed by atoms with E-state index in [0.29, 0.717) is 12.8 Å². The van der Waals surface area contributed by atoms with Crippen LogP contribution in [0.2, 0.25) is 0 Å². The Bertz CT molecular complexity index is 194. The van der Waals surface area contributed by atoms with Crippen molar-refractivity contribution in [3.63, 3.8) is 0 Å². The first kappa shape index (κ1) is 23.3. The number of halogens is 1. The molecule has 0 saturated carbocycles. The molecular weight excluding hydrogens is 272 g/mol. The Kier molecular flexibility index (Phi) is 23.9. The standard InChI is InChI=1S/C6H16N2.C6H10O4.ClH/c7-5-3-1-2-4-6-8;7-5(8)3-1-2-4-6(9)10;/h1-8H2;1-4H2,(H,7,8)(H,9,10);1H. The summed E-state index contributed by atoms with van der Waals surface area (Å²) in [6.07, 6.45) is 5.81. The molecule has 7 heteroatoms. The van der Waals surface area contributed by atoms with Crippen molar-refractivity contribution >= 4 is 24.3 Å². The van der Waals surface area contributed by atoms with Gasteiger partial charge in [0, 0.05) is 12.8 Å². The molecule has 0 unspecified atom stereocenters. The van der Waals surface area contributed by atoms with Crippen molar-refractivity contribution in [1.29, 1.82) is 0 Å². The van der Waals surface area contributed by atoms with Crippen LogP contribution in [-0.2, 0) is 9.59 Å². The molecule has 6 N–H and O–H groups in total. The van der Waals surface area contributed by atoms with Gasteiger partial charge in [-0.3, -0.25) is 9.59 Å². The number of carboxylic acids is 2. The summed E-state index contributed by atoms with van der Waals surface area (Å²) >= 11 is 0. The zero-order valence-corrected chi connectivity index (χ0v) is 12.2. The van der Waals surface area contributed by atoms with E-state index in [0.717, 1.165) is 25.9 Å². The lowest BCUT2D eigenvalue weighted by Crippen LogP contribution is -2.00. The first-order valence-corrected chi connectivity index (χ1v) is 6.38. The van der Waals surface area contributed by atoms with Gasteiger partial charge in [0.05, 0.1) is 0 Å². The molecule has 0 aromatic carbocycles. The molecule has 0 spiro atoms. The molecule has 0 saturated heterocycles. The Balaban J connectivity index is -0.000000262. The minimum absolute atomic E-state index is 0. The minimum Gasteiger partial charge on any atom is -0.481 e. The monoisotopic (exact) mass is 298 g/mol. The van der Waals surface area contributed by atoms with Gasteiger partial charge in [0.2, 0.25) is 0 Å². The first-order valence-electron chi connectivity index (χ1n) is 6.38. The van der Waals surface area contributed by atoms with Crippen LogP contribution in [0.4, 0.5) is 0 Å². The summed E-state index contributed by atoms with van der Waals surface area (Å²) in [5.41, 5.74) is 10.6. The number of aliphatic carboxylic acids is 2. The summed E-state index contributed by atoms with van der Waals surface area (Å²) in [5.74, 6) is -1.74. The molecule has 0 aliphatic carbocycles. The fourth-order valence-corrected chi connectivity index (χ4v) is 1.19. The van der Waals surface area contributed by atoms with Crippen molar-refractivity contribution in [2.45, 2.75) is 51.4 Å². The van der Waals surface area contributed by atoms with Gasteiger partial charge < -0.3 is 21.7 Å². The van der Waals surface area contributed by atoms with Crippen LogP contribution in [0.15, 0.2) is 0 Å². The number of nitrogens with two attached hydrogens (primary N) is 2. The van der Waals surface area contributed by atoms with Crippen LogP contribution in [0.5, 0.6) is 0 Å². The SMILES string of the molecule is Cl.NCCCCCCN.O=C(O)CCCCC(=O)O. The van der Waals surface area contributed by atoms with Gasteiger partial charge in [0.25, 0.3) is 0 Å². The van der Waals surface area contributed by atoms with Gasteiger partial charge in [-0.2, -0.15) is 0 Å². The first-order chi connectivity index (χ1) is 8.54. The Labute approximate surface area is 121 Å². The van der Waals surface area contributed by atoms with Crippen molar-refractivity contribution in [2.24, 2.45) is 11.5 Å². The second-order valence-corrected chi connectivity index (χ2v) is 3.99. The van der Waals surface area contributed by atoms with Gasteiger partial charge in [-0.05, 0) is 38.8 Å². The topological polar surface area (TPSA) is 127 Å². The lowest BCUT2D eigenvalue weighted by Gasteiger charge is -1.94. The number of carboxylic acid groups (broad SMARTS) is 2. The molecule has 0 aromatic heterocycles. The van der Waals surface area contributed by atoms with Gasteiger partial charge in [0.1, 0.15) is 0 Å². The summed E-state index contributed by atoms with van der Waals surface area (Å²) in [6.45, 7) is 1.65. The summed E-state index contributed by atoms with van der Waals surface area (Å²) in [7, 11) is 0. The summed E-state index contributed by atoms with van der Waals surface area (Å²) < 4.78 is 0. The second kappa shape index (κ2) is 19.5. The van der Waals surface area contributed by atoms with Gasteiger partial charge in [-0.1, -0.05) is 12.8 Å². The zero-order chi connectivity index (χ0) is 14.2. The molecule has 0 aliphatic heterocycles. The van der Waals surface area contributed by atoms with Crippen LogP contribution < -0.4 is 11.5 Å². The molecule has 0 bridgehead atoms. The smallest absolute Gasteiger partial charge is 0.303 e. The summed E-state index contributed by atoms with van der Waals surface area (Å²) in [5, 5.41) is 16.3. The molecule has 0 heterocycles. The van der Waals surface area contributed by atoms with Crippen LogP contribution in [0.1, 0.15) is 51.4 Å². The molecule has 0 atom stereocenters. The maximum Gasteiger partial charge on any atom is 0.303 e. The normalized spacial score (nSPS) is 8.95. The van der Waals surface area contributed by atoms with Crippen LogP contribution in [0.3, 0.4) is 0 Å². The zero-order valence-electron chi connectivity index (χ0n) is 11.3. The lowest BCUT2D eigenvalue weighted by atomic mass is 10.2. The lowest BCUT2D eigenvalue weighted by molar-refractivity contribution is -0.139. The molecule has 0 aromatic rings. The number of unbranched alkanes of at least 4 members (excludes halogenated alkanes) is 4. The number of hydrogen-bond acceptors (Lipinski definition) is 4. The van der Waals surface area contributed by atoms with Crippen molar-refractivity contribution in [3.05, 3.63) is 0 Å². The maximum atomic E-state index is 9.90. The molecule has 0 radical (unpaired) electrons. The van der Waals surface area contributed by atoms with Crippen molar-refractivity contribution < 1.29 is 19.8 Å². The van der Waals surface area contributed by atoms with Crippen molar-refractivity contribution in [1.82, 2.24) is 0 Å². The number of hydrogen-bond donors (Lipinski definition) is 4. The molecule has 0 fully saturated rings. The predicted molar refractivity (Wildman–Crippen MR) is 77.6 cm³/mol. The largest absolute Gasteiger partial charge is 0.481 e. The van der Waals surface area contributed by atoms with E-state index in [9.17, 15) is 9.59 Å². The van der Waals surface area contributed by atoms with Gasteiger partial charge in [-0.25, -0.2) is 0 Å². The van der Waals surface area contributed by atoms with Gasteiger partial charge in [-0.15, -0.1) is 12.4 Å². The third-order valence-corrected chi connectivity index (χ3v) is 2.19. The molecule has 0 rings (SSSR count). The average Bonchev–Trinajstić information content (AvgIpc) is 2.31. The van der Waals surface area contributed by atoms with E-state index < -0.39 is 11.9 Å². The highest BCUT2D eigenvalue weighted by molar-refractivity contribution is 5.85. The quantitative estimate of drug-likeness (QED) is 0.454. The molecule has 116 valence electrons. The Morgan fingerprint density at radius 3 is 1.21 bits per heavy atom. The fourth-order valence-electron chi connectivity index (χ4n) is 1.19. The Hall–Kier alpha value is -0.850. The molecule has 0 amide bonds. The molecular formula is C12H27ClN2O4. The fraction of sp³-hybridized carbons (Fsp3) is 0.833. The Morgan fingerprint density at radius 2 is 1.00 bits per heavy atom. The van der Waals surface area contributed by atoms with Crippen LogP contribution >= 0.6 is 12.4 Å². The molecule has 6 nitrogen and oxygen atoms in total. The van der Waals surface area contributed by atoms with Gasteiger partial charge >= 0.3 is 11.9 Å². The predicted octanol–water partition coefficient (Wildman–Crippen LogP) is 1.60. The third kappa shape index (κ3) is 31.7. The van der Waals surface area contributed by atoms with E-state index in [2.05, 4.69) is 0 Å². The van der Waals surface area contributed by atoms with E-state index in [1.54, 1.807) is 0 Å². The third-order valence-electron chi connectivity index (χ3n) is 2.19. The van der Waals surface area contributed by atoms with Crippen molar-refractivity contribution in [3.8, 4) is 0 Å². The second-order valence-electron chi connectivity index (χ2n) is 3.99. The van der Waals surface area contributed by atoms with E-state index in [1.807, 2.05) is 0 Å². The van der Waals surface area contributed by atoms with Crippen LogP contribution in [-0.4, -0.2) is 35.2 Å². The van der Waals surface area contributed by atoms with E-state index in [-0.39, 0.29) is 25.2 Å². The van der Waals surface area contributed by atoms with Crippen molar-refractivity contribution in [2.75, 3.05) is 13.1 Å². The van der Waals surface area contributed by atoms with E-state index >= 15 is 0 Å². The highest BCUT2D eigenvalue weighted by Gasteiger charge is 1.99. The number of rotatable bonds is 10. The van der Waals surface area contributed by atoms with E-state index in [1.165, 1.54) is 12.8 Å².